The van der Waals surface area contributed by atoms with Gasteiger partial charge >= 0.3 is 0 Å². The molecule has 10 heteroatoms. The smallest absolute Gasteiger partial charge is 0.278 e. The third-order valence-electron chi connectivity index (χ3n) is 5.63. The highest BCUT2D eigenvalue weighted by Gasteiger charge is 2.19. The molecule has 0 atom stereocenters. The second-order valence-corrected chi connectivity index (χ2v) is 8.13. The summed E-state index contributed by atoms with van der Waals surface area (Å²) in [5.41, 5.74) is 1.91. The highest BCUT2D eigenvalue weighted by molar-refractivity contribution is 5.77. The van der Waals surface area contributed by atoms with E-state index in [9.17, 15) is 4.79 Å². The Hall–Kier alpha value is -4.05. The first-order valence-electron chi connectivity index (χ1n) is 11.3. The average Bonchev–Trinajstić information content (AvgIpc) is 3.11. The molecule has 34 heavy (non-hydrogen) atoms. The van der Waals surface area contributed by atoms with Crippen molar-refractivity contribution in [3.63, 3.8) is 0 Å². The number of pyridine rings is 2. The molecule has 0 spiro atoms. The van der Waals surface area contributed by atoms with Gasteiger partial charge in [-0.05, 0) is 51.1 Å². The van der Waals surface area contributed by atoms with Crippen LogP contribution in [0.3, 0.4) is 0 Å². The lowest BCUT2D eigenvalue weighted by Crippen LogP contribution is -2.34. The molecule has 5 heterocycles. The Labute approximate surface area is 196 Å². The maximum absolute atomic E-state index is 13.1. The Morgan fingerprint density at radius 2 is 2.09 bits per heavy atom. The molecule has 0 unspecified atom stereocenters. The molecule has 174 valence electrons. The Morgan fingerprint density at radius 1 is 1.24 bits per heavy atom. The topological polar surface area (TPSA) is 112 Å². The Morgan fingerprint density at radius 3 is 2.88 bits per heavy atom. The fraction of sp³-hybridized carbons (Fsp3) is 0.292. The normalized spacial score (nSPS) is 14.3. The molecule has 0 radical (unpaired) electrons. The summed E-state index contributed by atoms with van der Waals surface area (Å²) in [6.45, 7) is 7.86. The van der Waals surface area contributed by atoms with Gasteiger partial charge in [-0.3, -0.25) is 9.78 Å². The van der Waals surface area contributed by atoms with Crippen LogP contribution in [0.25, 0.3) is 16.9 Å². The van der Waals surface area contributed by atoms with Crippen molar-refractivity contribution in [2.75, 3.05) is 18.4 Å². The molecular formula is C24H26N8O2. The Kier molecular flexibility index (Phi) is 6.05. The van der Waals surface area contributed by atoms with Crippen molar-refractivity contribution in [2.24, 2.45) is 0 Å². The van der Waals surface area contributed by atoms with Gasteiger partial charge in [-0.25, -0.2) is 14.3 Å². The van der Waals surface area contributed by atoms with Crippen LogP contribution in [0.2, 0.25) is 0 Å². The van der Waals surface area contributed by atoms with Crippen molar-refractivity contribution in [2.45, 2.75) is 32.4 Å². The average molecular weight is 459 g/mol. The third-order valence-corrected chi connectivity index (χ3v) is 5.63. The van der Waals surface area contributed by atoms with Crippen molar-refractivity contribution in [3.8, 4) is 11.7 Å². The summed E-state index contributed by atoms with van der Waals surface area (Å²) in [5, 5.41) is 6.91. The molecule has 10 nitrogen and oxygen atoms in total. The number of nitrogens with one attached hydrogen (secondary N) is 2. The number of ether oxygens (including phenoxy) is 1. The van der Waals surface area contributed by atoms with Crippen LogP contribution in [0.15, 0.2) is 60.2 Å². The minimum atomic E-state index is -0.215. The molecular weight excluding hydrogens is 432 g/mol. The van der Waals surface area contributed by atoms with Crippen molar-refractivity contribution >= 4 is 22.7 Å². The molecule has 0 saturated carbocycles. The number of hydrogen-bond acceptors (Lipinski definition) is 8. The molecule has 4 aromatic heterocycles. The predicted molar refractivity (Wildman–Crippen MR) is 130 cm³/mol. The largest absolute Gasteiger partial charge is 0.474 e. The fourth-order valence-corrected chi connectivity index (χ4v) is 4.03. The summed E-state index contributed by atoms with van der Waals surface area (Å²) in [4.78, 5) is 31.1. The van der Waals surface area contributed by atoms with E-state index < -0.39 is 0 Å². The zero-order valence-electron chi connectivity index (χ0n) is 18.9. The lowest BCUT2D eigenvalue weighted by Gasteiger charge is -2.23. The second-order valence-electron chi connectivity index (χ2n) is 8.13. The molecule has 0 amide bonds. The maximum Gasteiger partial charge on any atom is 0.278 e. The van der Waals surface area contributed by atoms with Crippen LogP contribution >= 0.6 is 0 Å². The summed E-state index contributed by atoms with van der Waals surface area (Å²) >= 11 is 0. The molecule has 1 fully saturated rings. The number of piperidine rings is 1. The van der Waals surface area contributed by atoms with Gasteiger partial charge in [0.25, 0.3) is 5.56 Å². The minimum absolute atomic E-state index is 0.114. The van der Waals surface area contributed by atoms with E-state index >= 15 is 0 Å². The monoisotopic (exact) mass is 458 g/mol. The SMILES string of the molecule is C=CCn1c(=O)c2cnc(Nc3ccnc(C)c3)nc2n1-c1cccc(OC2CCNCC2)n1. The number of fused-ring (bicyclic) bond motifs is 1. The van der Waals surface area contributed by atoms with E-state index in [1.165, 1.54) is 6.20 Å². The van der Waals surface area contributed by atoms with Crippen molar-refractivity contribution in [3.05, 3.63) is 71.4 Å². The molecule has 5 rings (SSSR count). The van der Waals surface area contributed by atoms with Gasteiger partial charge in [0.1, 0.15) is 11.5 Å². The van der Waals surface area contributed by atoms with Gasteiger partial charge in [-0.15, -0.1) is 6.58 Å². The van der Waals surface area contributed by atoms with Crippen molar-refractivity contribution in [1.82, 2.24) is 34.6 Å². The first-order valence-corrected chi connectivity index (χ1v) is 11.3. The van der Waals surface area contributed by atoms with E-state index in [4.69, 9.17) is 9.72 Å². The van der Waals surface area contributed by atoms with E-state index in [0.717, 1.165) is 37.3 Å². The van der Waals surface area contributed by atoms with Crippen LogP contribution in [-0.4, -0.2) is 48.5 Å². The lowest BCUT2D eigenvalue weighted by molar-refractivity contribution is 0.156. The zero-order valence-corrected chi connectivity index (χ0v) is 18.9. The van der Waals surface area contributed by atoms with Gasteiger partial charge in [-0.2, -0.15) is 9.97 Å². The first kappa shape index (κ1) is 21.8. The van der Waals surface area contributed by atoms with E-state index in [1.54, 1.807) is 21.6 Å². The molecule has 0 aliphatic carbocycles. The fourth-order valence-electron chi connectivity index (χ4n) is 4.03. The summed E-state index contributed by atoms with van der Waals surface area (Å²) in [6.07, 6.45) is 6.88. The molecule has 4 aromatic rings. The van der Waals surface area contributed by atoms with Gasteiger partial charge < -0.3 is 15.4 Å². The highest BCUT2D eigenvalue weighted by Crippen LogP contribution is 2.21. The first-order chi connectivity index (χ1) is 16.6. The lowest BCUT2D eigenvalue weighted by atomic mass is 10.1. The number of anilines is 2. The summed E-state index contributed by atoms with van der Waals surface area (Å²) < 4.78 is 9.37. The standard InChI is InChI=1S/C24H26N8O2/c1-3-13-31-23(33)19-15-27-24(28-17-7-12-26-16(2)14-17)30-22(19)32(31)20-5-4-6-21(29-20)34-18-8-10-25-11-9-18/h3-7,12,14-15,18,25H,1,8-11,13H2,2H3,(H,26,27,28,30). The van der Waals surface area contributed by atoms with Crippen LogP contribution in [-0.2, 0) is 6.54 Å². The number of hydrogen-bond donors (Lipinski definition) is 2. The Balaban J connectivity index is 1.57. The molecule has 0 aromatic carbocycles. The predicted octanol–water partition coefficient (Wildman–Crippen LogP) is 2.74. The zero-order chi connectivity index (χ0) is 23.5. The quantitative estimate of drug-likeness (QED) is 0.407. The van der Waals surface area contributed by atoms with E-state index in [1.807, 2.05) is 37.3 Å². The summed E-state index contributed by atoms with van der Waals surface area (Å²) in [7, 11) is 0. The second kappa shape index (κ2) is 9.44. The van der Waals surface area contributed by atoms with Crippen molar-refractivity contribution < 1.29 is 4.74 Å². The van der Waals surface area contributed by atoms with Crippen LogP contribution in [0.5, 0.6) is 5.88 Å². The summed E-state index contributed by atoms with van der Waals surface area (Å²) in [6, 6.07) is 9.26. The van der Waals surface area contributed by atoms with Crippen LogP contribution in [0.4, 0.5) is 11.6 Å². The van der Waals surface area contributed by atoms with Crippen molar-refractivity contribution in [1.29, 1.82) is 0 Å². The highest BCUT2D eigenvalue weighted by atomic mass is 16.5. The number of rotatable bonds is 7. The molecule has 1 aliphatic heterocycles. The van der Waals surface area contributed by atoms with Crippen LogP contribution in [0.1, 0.15) is 18.5 Å². The van der Waals surface area contributed by atoms with E-state index in [2.05, 4.69) is 32.2 Å². The van der Waals surface area contributed by atoms with Gasteiger partial charge in [0.15, 0.2) is 11.5 Å². The third kappa shape index (κ3) is 4.40. The van der Waals surface area contributed by atoms with Gasteiger partial charge in [-0.1, -0.05) is 12.1 Å². The molecule has 0 bridgehead atoms. The Bertz CT molecular complexity index is 1390. The minimum Gasteiger partial charge on any atom is -0.474 e. The van der Waals surface area contributed by atoms with E-state index in [-0.39, 0.29) is 11.7 Å². The molecule has 1 aliphatic rings. The van der Waals surface area contributed by atoms with Crippen LogP contribution in [0, 0.1) is 6.92 Å². The number of aromatic nitrogens is 6. The van der Waals surface area contributed by atoms with Gasteiger partial charge in [0, 0.05) is 29.8 Å². The maximum atomic E-state index is 13.1. The van der Waals surface area contributed by atoms with Crippen LogP contribution < -0.4 is 20.9 Å². The number of nitrogens with zero attached hydrogens (tertiary/aromatic N) is 6. The number of allylic oxidation sites excluding steroid dienone is 1. The van der Waals surface area contributed by atoms with E-state index in [0.29, 0.717) is 35.2 Å². The number of aryl methyl sites for hydroxylation is 1. The van der Waals surface area contributed by atoms with Gasteiger partial charge in [0.2, 0.25) is 11.8 Å². The summed E-state index contributed by atoms with van der Waals surface area (Å²) in [5.74, 6) is 1.41. The molecule has 2 N–H and O–H groups in total. The molecule has 1 saturated heterocycles. The van der Waals surface area contributed by atoms with Gasteiger partial charge in [0.05, 0.1) is 6.54 Å².